The Balaban J connectivity index is 3.97. The Morgan fingerprint density at radius 2 is 1.44 bits per heavy atom. The number of ether oxygens (including phenoxy) is 4. The number of carbonyl (C=O) groups excluding carboxylic acids is 1. The molecule has 0 aliphatic rings. The van der Waals surface area contributed by atoms with E-state index < -0.39 is 24.5 Å². The number of hydrogen-bond donors (Lipinski definition) is 1. The fourth-order valence-corrected chi connectivity index (χ4v) is 1.90. The molecule has 7 nitrogen and oxygen atoms in total. The van der Waals surface area contributed by atoms with Crippen molar-refractivity contribution in [2.45, 2.75) is 84.7 Å². The second-order valence-electron chi connectivity index (χ2n) is 5.87. The van der Waals surface area contributed by atoms with Crippen LogP contribution < -0.4 is 0 Å². The molecule has 0 saturated heterocycles. The molecule has 7 heteroatoms. The van der Waals surface area contributed by atoms with Crippen LogP contribution >= 0.6 is 0 Å². The summed E-state index contributed by atoms with van der Waals surface area (Å²) in [4.78, 5) is 22.1. The van der Waals surface area contributed by atoms with E-state index in [4.69, 9.17) is 24.1 Å². The molecule has 0 fully saturated rings. The summed E-state index contributed by atoms with van der Waals surface area (Å²) < 4.78 is 21.9. The molecule has 0 spiro atoms. The highest BCUT2D eigenvalue weighted by molar-refractivity contribution is 5.69. The maximum absolute atomic E-state index is 11.7. The van der Waals surface area contributed by atoms with Crippen LogP contribution in [0.2, 0.25) is 0 Å². The lowest BCUT2D eigenvalue weighted by Crippen LogP contribution is -2.28. The van der Waals surface area contributed by atoms with E-state index in [0.29, 0.717) is 26.1 Å². The van der Waals surface area contributed by atoms with Gasteiger partial charge in [0.1, 0.15) is 6.61 Å². The van der Waals surface area contributed by atoms with Gasteiger partial charge in [-0.05, 0) is 32.6 Å². The molecule has 0 rings (SSSR count). The lowest BCUT2D eigenvalue weighted by atomic mass is 10.2. The lowest BCUT2D eigenvalue weighted by Gasteiger charge is -2.21. The quantitative estimate of drug-likeness (QED) is 0.240. The van der Waals surface area contributed by atoms with E-state index in [0.717, 1.165) is 25.7 Å². The first-order valence-electron chi connectivity index (χ1n) is 9.25. The largest absolute Gasteiger partial charge is 0.481 e. The van der Waals surface area contributed by atoms with Gasteiger partial charge in [0.2, 0.25) is 0 Å². The highest BCUT2D eigenvalue weighted by Crippen LogP contribution is 2.07. The molecule has 0 heterocycles. The summed E-state index contributed by atoms with van der Waals surface area (Å²) in [5.74, 6) is -1.25. The monoisotopic (exact) mass is 362 g/mol. The number of carboxylic acids is 1. The molecule has 0 radical (unpaired) electrons. The molecule has 148 valence electrons. The Morgan fingerprint density at radius 3 is 1.96 bits per heavy atom. The van der Waals surface area contributed by atoms with Crippen LogP contribution in [0.5, 0.6) is 0 Å². The summed E-state index contributed by atoms with van der Waals surface area (Å²) in [6, 6.07) is 0. The van der Waals surface area contributed by atoms with E-state index in [1.807, 2.05) is 0 Å². The maximum atomic E-state index is 11.7. The van der Waals surface area contributed by atoms with E-state index in [-0.39, 0.29) is 19.4 Å². The van der Waals surface area contributed by atoms with E-state index in [9.17, 15) is 9.59 Å². The molecule has 0 aromatic carbocycles. The molecule has 0 aromatic rings. The van der Waals surface area contributed by atoms with Gasteiger partial charge in [0, 0.05) is 26.1 Å². The predicted octanol–water partition coefficient (Wildman–Crippen LogP) is 3.50. The highest BCUT2D eigenvalue weighted by atomic mass is 16.7. The Labute approximate surface area is 151 Å². The van der Waals surface area contributed by atoms with Gasteiger partial charge in [-0.15, -0.1) is 0 Å². The SMILES string of the molecule is CCCCOC(COC(C)OC(=O)CCCCC(=O)O)OCCCC. The van der Waals surface area contributed by atoms with Crippen molar-refractivity contribution in [3.05, 3.63) is 0 Å². The molecule has 0 amide bonds. The number of rotatable bonds is 17. The molecule has 1 N–H and O–H groups in total. The van der Waals surface area contributed by atoms with Crippen LogP contribution in [-0.2, 0) is 28.5 Å². The maximum Gasteiger partial charge on any atom is 0.308 e. The van der Waals surface area contributed by atoms with Crippen molar-refractivity contribution < 1.29 is 33.6 Å². The topological polar surface area (TPSA) is 91.3 Å². The zero-order valence-electron chi connectivity index (χ0n) is 15.8. The molecule has 1 atom stereocenters. The zero-order chi connectivity index (χ0) is 18.9. The number of unbranched alkanes of at least 4 members (excludes halogenated alkanes) is 3. The number of carbonyl (C=O) groups is 2. The highest BCUT2D eigenvalue weighted by Gasteiger charge is 2.15. The first-order valence-corrected chi connectivity index (χ1v) is 9.25. The third-order valence-electron chi connectivity index (χ3n) is 3.39. The van der Waals surface area contributed by atoms with Gasteiger partial charge in [-0.25, -0.2) is 0 Å². The van der Waals surface area contributed by atoms with E-state index in [1.54, 1.807) is 6.92 Å². The average Bonchev–Trinajstić information content (AvgIpc) is 2.56. The second kappa shape index (κ2) is 16.3. The number of hydrogen-bond acceptors (Lipinski definition) is 6. The predicted molar refractivity (Wildman–Crippen MR) is 93.1 cm³/mol. The van der Waals surface area contributed by atoms with Gasteiger partial charge in [0.05, 0.1) is 0 Å². The Kier molecular flexibility index (Phi) is 15.5. The van der Waals surface area contributed by atoms with Gasteiger partial charge in [0.15, 0.2) is 12.6 Å². The molecular formula is C18H34O7. The smallest absolute Gasteiger partial charge is 0.308 e. The molecule has 0 bridgehead atoms. The fraction of sp³-hybridized carbons (Fsp3) is 0.889. The minimum absolute atomic E-state index is 0.0607. The molecule has 0 saturated carbocycles. The second-order valence-corrected chi connectivity index (χ2v) is 5.87. The van der Waals surface area contributed by atoms with Crippen molar-refractivity contribution in [2.24, 2.45) is 0 Å². The van der Waals surface area contributed by atoms with Crippen LogP contribution in [0.3, 0.4) is 0 Å². The number of carboxylic acid groups (broad SMARTS) is 1. The van der Waals surface area contributed by atoms with E-state index in [2.05, 4.69) is 13.8 Å². The van der Waals surface area contributed by atoms with E-state index in [1.165, 1.54) is 0 Å². The number of esters is 1. The first kappa shape index (κ1) is 23.8. The Bertz CT molecular complexity index is 336. The summed E-state index contributed by atoms with van der Waals surface area (Å²) in [5, 5.41) is 8.54. The minimum Gasteiger partial charge on any atom is -0.481 e. The number of aliphatic carboxylic acids is 1. The van der Waals surface area contributed by atoms with Crippen molar-refractivity contribution in [3.63, 3.8) is 0 Å². The van der Waals surface area contributed by atoms with Gasteiger partial charge in [0.25, 0.3) is 0 Å². The van der Waals surface area contributed by atoms with Crippen molar-refractivity contribution in [3.8, 4) is 0 Å². The van der Waals surface area contributed by atoms with Crippen molar-refractivity contribution in [2.75, 3.05) is 19.8 Å². The van der Waals surface area contributed by atoms with Crippen LogP contribution in [0.4, 0.5) is 0 Å². The van der Waals surface area contributed by atoms with Crippen molar-refractivity contribution in [1.29, 1.82) is 0 Å². The van der Waals surface area contributed by atoms with Crippen molar-refractivity contribution >= 4 is 11.9 Å². The summed E-state index contributed by atoms with van der Waals surface area (Å²) in [6.07, 6.45) is 4.02. The summed E-state index contributed by atoms with van der Waals surface area (Å²) >= 11 is 0. The third-order valence-corrected chi connectivity index (χ3v) is 3.39. The lowest BCUT2D eigenvalue weighted by molar-refractivity contribution is -0.215. The molecular weight excluding hydrogens is 328 g/mol. The fourth-order valence-electron chi connectivity index (χ4n) is 1.90. The van der Waals surface area contributed by atoms with Crippen LogP contribution in [0.25, 0.3) is 0 Å². The van der Waals surface area contributed by atoms with Crippen LogP contribution in [-0.4, -0.2) is 49.4 Å². The zero-order valence-corrected chi connectivity index (χ0v) is 15.8. The first-order chi connectivity index (χ1) is 12.0. The summed E-state index contributed by atoms with van der Waals surface area (Å²) in [6.45, 7) is 7.23. The molecule has 1 unspecified atom stereocenters. The molecule has 0 aromatic heterocycles. The molecule has 0 aliphatic heterocycles. The normalized spacial score (nSPS) is 12.3. The van der Waals surface area contributed by atoms with Crippen molar-refractivity contribution in [1.82, 2.24) is 0 Å². The van der Waals surface area contributed by atoms with Crippen LogP contribution in [0.1, 0.15) is 72.1 Å². The standard InChI is InChI=1S/C18H34O7/c1-4-6-12-22-18(23-13-7-5-2)14-24-15(3)25-17(21)11-9-8-10-16(19)20/h15,18H,4-14H2,1-3H3,(H,19,20). The minimum atomic E-state index is -0.859. The Hall–Kier alpha value is -1.18. The van der Waals surface area contributed by atoms with Gasteiger partial charge >= 0.3 is 11.9 Å². The van der Waals surface area contributed by atoms with E-state index >= 15 is 0 Å². The van der Waals surface area contributed by atoms with Crippen LogP contribution in [0.15, 0.2) is 0 Å². The Morgan fingerprint density at radius 1 is 0.880 bits per heavy atom. The summed E-state index contributed by atoms with van der Waals surface area (Å²) in [5.41, 5.74) is 0. The summed E-state index contributed by atoms with van der Waals surface area (Å²) in [7, 11) is 0. The van der Waals surface area contributed by atoms with Gasteiger partial charge in [-0.1, -0.05) is 26.7 Å². The third kappa shape index (κ3) is 16.1. The van der Waals surface area contributed by atoms with Crippen LogP contribution in [0, 0.1) is 0 Å². The molecule has 0 aliphatic carbocycles. The van der Waals surface area contributed by atoms with Gasteiger partial charge in [-0.2, -0.15) is 0 Å². The van der Waals surface area contributed by atoms with Gasteiger partial charge in [-0.3, -0.25) is 9.59 Å². The van der Waals surface area contributed by atoms with Gasteiger partial charge < -0.3 is 24.1 Å². The molecule has 25 heavy (non-hydrogen) atoms. The average molecular weight is 362 g/mol.